The number of hydrogen-bond acceptors (Lipinski definition) is 6. The number of aromatic nitrogens is 2. The van der Waals surface area contributed by atoms with Gasteiger partial charge in [0.2, 0.25) is 0 Å². The van der Waals surface area contributed by atoms with E-state index in [0.717, 1.165) is 38.7 Å². The topological polar surface area (TPSA) is 98.3 Å². The predicted octanol–water partition coefficient (Wildman–Crippen LogP) is 2.11. The van der Waals surface area contributed by atoms with Crippen LogP contribution in [0.2, 0.25) is 0 Å². The molecule has 0 unspecified atom stereocenters. The van der Waals surface area contributed by atoms with Crippen molar-refractivity contribution in [1.29, 1.82) is 0 Å². The standard InChI is InChI=1S/C16H20N4O4S/c1-25(23,24)16-11-14(3-4-15(16)20(21)22)18-9-5-13(6-10-18)12-19-8-2-7-17-19/h2-4,7-8,11,13H,5-6,9-10,12H2,1H3. The maximum absolute atomic E-state index is 11.9. The smallest absolute Gasteiger partial charge is 0.288 e. The van der Waals surface area contributed by atoms with Gasteiger partial charge in [0, 0.05) is 50.0 Å². The molecule has 1 aliphatic rings. The van der Waals surface area contributed by atoms with E-state index in [1.807, 2.05) is 16.9 Å². The van der Waals surface area contributed by atoms with Crippen LogP contribution in [0.3, 0.4) is 0 Å². The van der Waals surface area contributed by atoms with Crippen molar-refractivity contribution < 1.29 is 13.3 Å². The Labute approximate surface area is 146 Å². The monoisotopic (exact) mass is 364 g/mol. The van der Waals surface area contributed by atoms with Crippen LogP contribution in [0.4, 0.5) is 11.4 Å². The van der Waals surface area contributed by atoms with Crippen LogP contribution in [-0.4, -0.2) is 42.5 Å². The summed E-state index contributed by atoms with van der Waals surface area (Å²) in [4.78, 5) is 12.3. The van der Waals surface area contributed by atoms with Gasteiger partial charge in [0.15, 0.2) is 9.84 Å². The lowest BCUT2D eigenvalue weighted by molar-refractivity contribution is -0.387. The molecule has 0 saturated carbocycles. The largest absolute Gasteiger partial charge is 0.371 e. The molecular formula is C16H20N4O4S. The van der Waals surface area contributed by atoms with Crippen molar-refractivity contribution in [3.05, 3.63) is 46.8 Å². The number of hydrogen-bond donors (Lipinski definition) is 0. The summed E-state index contributed by atoms with van der Waals surface area (Å²) in [7, 11) is -3.66. The highest BCUT2D eigenvalue weighted by atomic mass is 32.2. The van der Waals surface area contributed by atoms with Gasteiger partial charge in [-0.3, -0.25) is 14.8 Å². The number of sulfone groups is 1. The van der Waals surface area contributed by atoms with Crippen molar-refractivity contribution in [3.63, 3.8) is 0 Å². The molecule has 134 valence electrons. The van der Waals surface area contributed by atoms with Crippen LogP contribution in [0, 0.1) is 16.0 Å². The summed E-state index contributed by atoms with van der Waals surface area (Å²) in [6.45, 7) is 2.44. The first-order valence-electron chi connectivity index (χ1n) is 8.05. The molecule has 1 fully saturated rings. The van der Waals surface area contributed by atoms with E-state index in [0.29, 0.717) is 11.6 Å². The summed E-state index contributed by atoms with van der Waals surface area (Å²) in [5.74, 6) is 0.517. The van der Waals surface area contributed by atoms with Crippen LogP contribution in [0.15, 0.2) is 41.6 Å². The van der Waals surface area contributed by atoms with E-state index in [4.69, 9.17) is 0 Å². The SMILES string of the molecule is CS(=O)(=O)c1cc(N2CCC(Cn3cccn3)CC2)ccc1[N+](=O)[O-]. The summed E-state index contributed by atoms with van der Waals surface area (Å²) >= 11 is 0. The van der Waals surface area contributed by atoms with E-state index in [2.05, 4.69) is 10.00 Å². The van der Waals surface area contributed by atoms with Gasteiger partial charge < -0.3 is 4.90 Å². The molecule has 0 spiro atoms. The van der Waals surface area contributed by atoms with Crippen molar-refractivity contribution in [3.8, 4) is 0 Å². The third-order valence-corrected chi connectivity index (χ3v) is 5.65. The van der Waals surface area contributed by atoms with E-state index in [1.54, 1.807) is 12.3 Å². The van der Waals surface area contributed by atoms with Gasteiger partial charge in [-0.05, 0) is 37.0 Å². The Morgan fingerprint density at radius 3 is 2.60 bits per heavy atom. The first-order valence-corrected chi connectivity index (χ1v) is 9.94. The first kappa shape index (κ1) is 17.4. The molecule has 2 heterocycles. The van der Waals surface area contributed by atoms with Crippen LogP contribution in [-0.2, 0) is 16.4 Å². The first-order chi connectivity index (χ1) is 11.8. The van der Waals surface area contributed by atoms with Gasteiger partial charge in [0.25, 0.3) is 5.69 Å². The molecule has 0 bridgehead atoms. The second kappa shape index (κ2) is 6.83. The molecule has 9 heteroatoms. The van der Waals surface area contributed by atoms with Gasteiger partial charge in [-0.15, -0.1) is 0 Å². The van der Waals surface area contributed by atoms with Gasteiger partial charge in [-0.1, -0.05) is 0 Å². The number of benzene rings is 1. The third kappa shape index (κ3) is 3.98. The zero-order valence-electron chi connectivity index (χ0n) is 13.9. The quantitative estimate of drug-likeness (QED) is 0.595. The van der Waals surface area contributed by atoms with Crippen molar-refractivity contribution in [2.24, 2.45) is 5.92 Å². The van der Waals surface area contributed by atoms with E-state index in [-0.39, 0.29) is 10.6 Å². The van der Waals surface area contributed by atoms with E-state index in [1.165, 1.54) is 12.1 Å². The van der Waals surface area contributed by atoms with Crippen molar-refractivity contribution >= 4 is 21.2 Å². The summed E-state index contributed by atoms with van der Waals surface area (Å²) in [5.41, 5.74) is 0.336. The Bertz CT molecular complexity index is 856. The molecule has 1 aromatic carbocycles. The lowest BCUT2D eigenvalue weighted by Gasteiger charge is -2.33. The van der Waals surface area contributed by atoms with Gasteiger partial charge in [0.1, 0.15) is 4.90 Å². The molecule has 0 aliphatic carbocycles. The highest BCUT2D eigenvalue weighted by Gasteiger charge is 2.25. The average molecular weight is 364 g/mol. The molecule has 1 aliphatic heterocycles. The maximum atomic E-state index is 11.9. The molecule has 0 radical (unpaired) electrons. The zero-order chi connectivity index (χ0) is 18.0. The predicted molar refractivity (Wildman–Crippen MR) is 93.4 cm³/mol. The number of nitro groups is 1. The molecule has 0 atom stereocenters. The maximum Gasteiger partial charge on any atom is 0.288 e. The molecule has 2 aromatic rings. The Morgan fingerprint density at radius 2 is 2.04 bits per heavy atom. The fraction of sp³-hybridized carbons (Fsp3) is 0.438. The fourth-order valence-electron chi connectivity index (χ4n) is 3.19. The van der Waals surface area contributed by atoms with Crippen molar-refractivity contribution in [1.82, 2.24) is 9.78 Å². The van der Waals surface area contributed by atoms with Crippen molar-refractivity contribution in [2.75, 3.05) is 24.2 Å². The van der Waals surface area contributed by atoms with E-state index >= 15 is 0 Å². The Kier molecular flexibility index (Phi) is 4.76. The van der Waals surface area contributed by atoms with Crippen LogP contribution in [0.5, 0.6) is 0 Å². The summed E-state index contributed by atoms with van der Waals surface area (Å²) in [6.07, 6.45) is 6.63. The van der Waals surface area contributed by atoms with E-state index in [9.17, 15) is 18.5 Å². The Balaban J connectivity index is 1.74. The molecule has 3 rings (SSSR count). The minimum atomic E-state index is -3.66. The number of anilines is 1. The molecule has 1 saturated heterocycles. The Morgan fingerprint density at radius 1 is 1.32 bits per heavy atom. The summed E-state index contributed by atoms with van der Waals surface area (Å²) in [5, 5.41) is 15.3. The van der Waals surface area contributed by atoms with Crippen LogP contribution >= 0.6 is 0 Å². The van der Waals surface area contributed by atoms with Gasteiger partial charge >= 0.3 is 0 Å². The van der Waals surface area contributed by atoms with Gasteiger partial charge in [-0.25, -0.2) is 8.42 Å². The summed E-state index contributed by atoms with van der Waals surface area (Å²) < 4.78 is 25.7. The fourth-order valence-corrected chi connectivity index (χ4v) is 4.05. The molecule has 25 heavy (non-hydrogen) atoms. The second-order valence-corrected chi connectivity index (χ2v) is 8.32. The summed E-state index contributed by atoms with van der Waals surface area (Å²) in [6, 6.07) is 6.22. The number of rotatable bonds is 5. The van der Waals surface area contributed by atoms with Crippen LogP contribution in [0.25, 0.3) is 0 Å². The Hall–Kier alpha value is -2.42. The van der Waals surface area contributed by atoms with Crippen LogP contribution < -0.4 is 4.90 Å². The van der Waals surface area contributed by atoms with Crippen LogP contribution in [0.1, 0.15) is 12.8 Å². The average Bonchev–Trinajstić information content (AvgIpc) is 3.07. The lowest BCUT2D eigenvalue weighted by Crippen LogP contribution is -2.35. The molecule has 0 N–H and O–H groups in total. The van der Waals surface area contributed by atoms with Crippen molar-refractivity contribution in [2.45, 2.75) is 24.3 Å². The molecule has 8 nitrogen and oxygen atoms in total. The third-order valence-electron chi connectivity index (χ3n) is 4.52. The second-order valence-electron chi connectivity index (χ2n) is 6.34. The normalized spacial score (nSPS) is 16.1. The van der Waals surface area contributed by atoms with Gasteiger partial charge in [0.05, 0.1) is 4.92 Å². The minimum absolute atomic E-state index is 0.228. The highest BCUT2D eigenvalue weighted by molar-refractivity contribution is 7.90. The zero-order valence-corrected chi connectivity index (χ0v) is 14.7. The molecular weight excluding hydrogens is 344 g/mol. The lowest BCUT2D eigenvalue weighted by atomic mass is 9.96. The number of nitro benzene ring substituents is 1. The minimum Gasteiger partial charge on any atom is -0.371 e. The van der Waals surface area contributed by atoms with Gasteiger partial charge in [-0.2, -0.15) is 5.10 Å². The number of nitrogens with zero attached hydrogens (tertiary/aromatic N) is 4. The number of piperidine rings is 1. The highest BCUT2D eigenvalue weighted by Crippen LogP contribution is 2.31. The van der Waals surface area contributed by atoms with E-state index < -0.39 is 14.8 Å². The molecule has 0 amide bonds. The molecule has 1 aromatic heterocycles.